The van der Waals surface area contributed by atoms with Crippen LogP contribution in [0.25, 0.3) is 0 Å². The lowest BCUT2D eigenvalue weighted by molar-refractivity contribution is -0.132. The van der Waals surface area contributed by atoms with E-state index in [1.807, 2.05) is 38.1 Å². The van der Waals surface area contributed by atoms with Crippen molar-refractivity contribution in [2.45, 2.75) is 31.9 Å². The standard InChI is InChI=1S/C17H24N2O3S/c1-12-5-3-6-14(9-12)13(2)23(22)11-16(20)19-8-4-7-15(10-19)17(18)21/h3,5-6,9,13,15H,4,7-8,10-11H2,1-2H3,(H2,18,21). The molecule has 0 spiro atoms. The van der Waals surface area contributed by atoms with Crippen molar-refractivity contribution in [3.05, 3.63) is 35.4 Å². The number of amides is 2. The Morgan fingerprint density at radius 1 is 1.43 bits per heavy atom. The van der Waals surface area contributed by atoms with Gasteiger partial charge in [0.1, 0.15) is 5.75 Å². The van der Waals surface area contributed by atoms with E-state index in [-0.39, 0.29) is 28.7 Å². The van der Waals surface area contributed by atoms with Gasteiger partial charge in [-0.25, -0.2) is 0 Å². The Balaban J connectivity index is 1.96. The summed E-state index contributed by atoms with van der Waals surface area (Å²) in [5.74, 6) is -0.818. The molecule has 0 saturated carbocycles. The molecule has 23 heavy (non-hydrogen) atoms. The fourth-order valence-electron chi connectivity index (χ4n) is 2.85. The van der Waals surface area contributed by atoms with Crippen LogP contribution in [0.4, 0.5) is 0 Å². The highest BCUT2D eigenvalue weighted by Gasteiger charge is 2.28. The fourth-order valence-corrected chi connectivity index (χ4v) is 3.97. The van der Waals surface area contributed by atoms with Crippen LogP contribution in [0.3, 0.4) is 0 Å². The van der Waals surface area contributed by atoms with Crippen molar-refractivity contribution >= 4 is 22.6 Å². The zero-order valence-electron chi connectivity index (χ0n) is 13.7. The number of piperidine rings is 1. The molecule has 1 aromatic rings. The number of hydrogen-bond donors (Lipinski definition) is 1. The topological polar surface area (TPSA) is 80.5 Å². The Bertz CT molecular complexity index is 618. The quantitative estimate of drug-likeness (QED) is 0.885. The molecule has 126 valence electrons. The second-order valence-corrected chi connectivity index (χ2v) is 7.92. The largest absolute Gasteiger partial charge is 0.369 e. The number of nitrogens with zero attached hydrogens (tertiary/aromatic N) is 1. The first kappa shape index (κ1) is 17.7. The normalized spacial score (nSPS) is 20.8. The number of nitrogens with two attached hydrogens (primary N) is 1. The van der Waals surface area contributed by atoms with Gasteiger partial charge in [-0.1, -0.05) is 29.8 Å². The summed E-state index contributed by atoms with van der Waals surface area (Å²) < 4.78 is 12.5. The molecular formula is C17H24N2O3S. The van der Waals surface area contributed by atoms with Crippen molar-refractivity contribution in [3.63, 3.8) is 0 Å². The fraction of sp³-hybridized carbons (Fsp3) is 0.529. The van der Waals surface area contributed by atoms with Crippen molar-refractivity contribution < 1.29 is 13.8 Å². The second-order valence-electron chi connectivity index (χ2n) is 6.16. The average molecular weight is 336 g/mol. The van der Waals surface area contributed by atoms with Crippen LogP contribution in [0.5, 0.6) is 0 Å². The predicted molar refractivity (Wildman–Crippen MR) is 91.1 cm³/mol. The Morgan fingerprint density at radius 2 is 2.17 bits per heavy atom. The van der Waals surface area contributed by atoms with Gasteiger partial charge >= 0.3 is 0 Å². The van der Waals surface area contributed by atoms with E-state index in [1.54, 1.807) is 4.90 Å². The number of likely N-dealkylation sites (tertiary alicyclic amines) is 1. The van der Waals surface area contributed by atoms with E-state index in [0.717, 1.165) is 24.0 Å². The molecule has 5 nitrogen and oxygen atoms in total. The maximum Gasteiger partial charge on any atom is 0.235 e. The van der Waals surface area contributed by atoms with E-state index >= 15 is 0 Å². The number of rotatable bonds is 5. The van der Waals surface area contributed by atoms with Gasteiger partial charge in [-0.3, -0.25) is 13.8 Å². The van der Waals surface area contributed by atoms with Crippen LogP contribution in [-0.4, -0.2) is 39.8 Å². The van der Waals surface area contributed by atoms with Gasteiger partial charge in [-0.05, 0) is 32.3 Å². The van der Waals surface area contributed by atoms with Gasteiger partial charge in [0, 0.05) is 23.9 Å². The molecule has 2 amide bonds. The molecule has 3 unspecified atom stereocenters. The molecule has 0 aliphatic carbocycles. The summed E-state index contributed by atoms with van der Waals surface area (Å²) in [6, 6.07) is 7.85. The zero-order chi connectivity index (χ0) is 17.0. The van der Waals surface area contributed by atoms with Gasteiger partial charge in [0.05, 0.1) is 11.2 Å². The molecule has 2 N–H and O–H groups in total. The molecule has 1 aliphatic rings. The van der Waals surface area contributed by atoms with Crippen LogP contribution in [0.1, 0.15) is 36.1 Å². The SMILES string of the molecule is Cc1cccc(C(C)S(=O)CC(=O)N2CCCC(C(N)=O)C2)c1. The van der Waals surface area contributed by atoms with E-state index in [2.05, 4.69) is 0 Å². The molecule has 1 heterocycles. The van der Waals surface area contributed by atoms with Crippen molar-refractivity contribution in [2.75, 3.05) is 18.8 Å². The number of carbonyl (C=O) groups excluding carboxylic acids is 2. The minimum Gasteiger partial charge on any atom is -0.369 e. The van der Waals surface area contributed by atoms with E-state index in [9.17, 15) is 13.8 Å². The van der Waals surface area contributed by atoms with E-state index in [0.29, 0.717) is 13.1 Å². The Hall–Kier alpha value is -1.69. The lowest BCUT2D eigenvalue weighted by Gasteiger charge is -2.31. The molecule has 1 saturated heterocycles. The lowest BCUT2D eigenvalue weighted by Crippen LogP contribution is -2.45. The minimum atomic E-state index is -1.29. The monoisotopic (exact) mass is 336 g/mol. The summed E-state index contributed by atoms with van der Waals surface area (Å²) in [5, 5.41) is -0.199. The van der Waals surface area contributed by atoms with Crippen LogP contribution in [0, 0.1) is 12.8 Å². The molecule has 1 aromatic carbocycles. The van der Waals surface area contributed by atoms with Gasteiger partial charge in [-0.2, -0.15) is 0 Å². The van der Waals surface area contributed by atoms with Gasteiger partial charge in [-0.15, -0.1) is 0 Å². The number of benzene rings is 1. The highest BCUT2D eigenvalue weighted by molar-refractivity contribution is 7.86. The summed E-state index contributed by atoms with van der Waals surface area (Å²) in [4.78, 5) is 25.3. The van der Waals surface area contributed by atoms with Gasteiger partial charge in [0.15, 0.2) is 0 Å². The molecule has 6 heteroatoms. The number of primary amides is 1. The number of hydrogen-bond acceptors (Lipinski definition) is 3. The van der Waals surface area contributed by atoms with Crippen LogP contribution in [0.15, 0.2) is 24.3 Å². The molecule has 2 rings (SSSR count). The van der Waals surface area contributed by atoms with Crippen LogP contribution in [0.2, 0.25) is 0 Å². The third-order valence-corrected chi connectivity index (χ3v) is 5.94. The highest BCUT2D eigenvalue weighted by atomic mass is 32.2. The van der Waals surface area contributed by atoms with E-state index in [4.69, 9.17) is 5.73 Å². The summed E-state index contributed by atoms with van der Waals surface area (Å²) in [5.41, 5.74) is 7.42. The lowest BCUT2D eigenvalue weighted by atomic mass is 9.97. The first-order valence-corrected chi connectivity index (χ1v) is 9.27. The van der Waals surface area contributed by atoms with Gasteiger partial charge in [0.25, 0.3) is 0 Å². The van der Waals surface area contributed by atoms with E-state index in [1.165, 1.54) is 0 Å². The number of aryl methyl sites for hydroxylation is 1. The van der Waals surface area contributed by atoms with Gasteiger partial charge < -0.3 is 10.6 Å². The summed E-state index contributed by atoms with van der Waals surface area (Å²) in [6.45, 7) is 4.82. The first-order valence-electron chi connectivity index (χ1n) is 7.89. The maximum atomic E-state index is 12.5. The first-order chi connectivity index (χ1) is 10.9. The maximum absolute atomic E-state index is 12.5. The molecule has 0 aromatic heterocycles. The molecule has 0 radical (unpaired) electrons. The summed E-state index contributed by atoms with van der Waals surface area (Å²) in [7, 11) is -1.29. The second kappa shape index (κ2) is 7.73. The van der Waals surface area contributed by atoms with Crippen molar-refractivity contribution in [1.82, 2.24) is 4.90 Å². The average Bonchev–Trinajstić information content (AvgIpc) is 2.54. The van der Waals surface area contributed by atoms with Crippen molar-refractivity contribution in [1.29, 1.82) is 0 Å². The van der Waals surface area contributed by atoms with Crippen LogP contribution >= 0.6 is 0 Å². The number of carbonyl (C=O) groups is 2. The molecule has 1 aliphatic heterocycles. The zero-order valence-corrected chi connectivity index (χ0v) is 14.5. The molecule has 3 atom stereocenters. The Labute approximate surface area is 139 Å². The van der Waals surface area contributed by atoms with Crippen LogP contribution < -0.4 is 5.73 Å². The van der Waals surface area contributed by atoms with Gasteiger partial charge in [0.2, 0.25) is 11.8 Å². The Morgan fingerprint density at radius 3 is 2.83 bits per heavy atom. The van der Waals surface area contributed by atoms with E-state index < -0.39 is 10.8 Å². The highest BCUT2D eigenvalue weighted by Crippen LogP contribution is 2.22. The van der Waals surface area contributed by atoms with Crippen molar-refractivity contribution in [3.8, 4) is 0 Å². The van der Waals surface area contributed by atoms with Crippen LogP contribution in [-0.2, 0) is 20.4 Å². The summed E-state index contributed by atoms with van der Waals surface area (Å²) >= 11 is 0. The Kier molecular flexibility index (Phi) is 5.93. The molecule has 1 fully saturated rings. The van der Waals surface area contributed by atoms with Crippen molar-refractivity contribution in [2.24, 2.45) is 11.7 Å². The molecular weight excluding hydrogens is 312 g/mol. The minimum absolute atomic E-state index is 0.0133. The third-order valence-electron chi connectivity index (χ3n) is 4.35. The molecule has 0 bridgehead atoms. The summed E-state index contributed by atoms with van der Waals surface area (Å²) in [6.07, 6.45) is 1.49. The smallest absolute Gasteiger partial charge is 0.235 e. The predicted octanol–water partition coefficient (Wildman–Crippen LogP) is 1.53. The third kappa shape index (κ3) is 4.64.